The molecule has 288 valence electrons. The monoisotopic (exact) mass is 1020 g/mol. The van der Waals surface area contributed by atoms with Gasteiger partial charge in [-0.2, -0.15) is 0 Å². The van der Waals surface area contributed by atoms with Gasteiger partial charge in [0.1, 0.15) is 0 Å². The van der Waals surface area contributed by atoms with Crippen LogP contribution in [-0.2, 0) is 0 Å². The maximum atomic E-state index is 12.6. The Morgan fingerprint density at radius 2 is 1.10 bits per heavy atom. The van der Waals surface area contributed by atoms with Crippen LogP contribution in [0.2, 0.25) is 0 Å². The van der Waals surface area contributed by atoms with Gasteiger partial charge in [0.2, 0.25) is 0 Å². The highest BCUT2D eigenvalue weighted by molar-refractivity contribution is 14.1. The Morgan fingerprint density at radius 1 is 0.586 bits per heavy atom. The van der Waals surface area contributed by atoms with Crippen molar-refractivity contribution in [2.75, 3.05) is 21.3 Å². The predicted molar refractivity (Wildman–Crippen MR) is 254 cm³/mol. The summed E-state index contributed by atoms with van der Waals surface area (Å²) in [5.74, 6) is -0.262. The number of pyridine rings is 2. The Kier molecular flexibility index (Phi) is 13.5. The number of nitrogens with one attached hydrogen (secondary N) is 4. The smallest absolute Gasteiger partial charge is 0.256 e. The minimum Gasteiger partial charge on any atom is -0.331 e. The molecule has 0 spiro atoms. The summed E-state index contributed by atoms with van der Waals surface area (Å²) in [5.41, 5.74) is 10.4. The normalized spacial score (nSPS) is 10.6. The summed E-state index contributed by atoms with van der Waals surface area (Å²) >= 11 is 7.44. The van der Waals surface area contributed by atoms with Crippen LogP contribution in [0, 0.1) is 21.0 Å². The Balaban J connectivity index is 0.000000177. The Bertz CT molecular complexity index is 2670. The van der Waals surface area contributed by atoms with Crippen LogP contribution < -0.4 is 21.3 Å². The van der Waals surface area contributed by atoms with Gasteiger partial charge in [0, 0.05) is 82.1 Å². The van der Waals surface area contributed by atoms with Crippen LogP contribution in [-0.4, -0.2) is 31.8 Å². The van der Waals surface area contributed by atoms with Crippen molar-refractivity contribution in [1.82, 2.24) is 19.9 Å². The first-order valence-electron chi connectivity index (χ1n) is 17.8. The van der Waals surface area contributed by atoms with E-state index in [0.29, 0.717) is 11.1 Å². The molecule has 4 heterocycles. The van der Waals surface area contributed by atoms with Gasteiger partial charge in [-0.05, 0) is 155 Å². The molecular formula is C44H34I2N8O2S2. The molecule has 0 saturated heterocycles. The molecule has 4 N–H and O–H groups in total. The fourth-order valence-electron chi connectivity index (χ4n) is 5.50. The van der Waals surface area contributed by atoms with E-state index in [1.807, 2.05) is 134 Å². The summed E-state index contributed by atoms with van der Waals surface area (Å²) in [4.78, 5) is 42.7. The standard InChI is InChI=1S/2C22H17IN4OS/c1-14-4-9-18(25-21(28)15-5-7-17(23)8-6-15)11-19(14)26-22-27-20(13-29-22)16-3-2-10-24-12-16;1-14-8-9-16(25-21(28)17-6-2-3-7-18(17)23)11-19(14)26-22-27-20(13-29-22)15-5-4-10-24-12-15/h2*2-13H,1H3,(H,25,28)(H,26,27). The summed E-state index contributed by atoms with van der Waals surface area (Å²) in [6.45, 7) is 4.03. The van der Waals surface area contributed by atoms with E-state index in [1.165, 1.54) is 22.7 Å². The summed E-state index contributed by atoms with van der Waals surface area (Å²) in [6, 6.07) is 34.3. The van der Waals surface area contributed by atoms with Gasteiger partial charge in [-0.3, -0.25) is 19.6 Å². The first-order chi connectivity index (χ1) is 28.2. The highest BCUT2D eigenvalue weighted by Gasteiger charge is 2.13. The number of hydrogen-bond acceptors (Lipinski definition) is 10. The van der Waals surface area contributed by atoms with Gasteiger partial charge in [0.05, 0.1) is 17.0 Å². The molecule has 0 aliphatic carbocycles. The highest BCUT2D eigenvalue weighted by Crippen LogP contribution is 2.31. The zero-order chi connectivity index (χ0) is 40.4. The number of aromatic nitrogens is 4. The van der Waals surface area contributed by atoms with E-state index in [2.05, 4.69) is 86.4 Å². The van der Waals surface area contributed by atoms with E-state index < -0.39 is 0 Å². The van der Waals surface area contributed by atoms with Gasteiger partial charge >= 0.3 is 0 Å². The van der Waals surface area contributed by atoms with Crippen molar-refractivity contribution < 1.29 is 9.59 Å². The fraction of sp³-hybridized carbons (Fsp3) is 0.0455. The Hall–Kier alpha value is -5.56. The van der Waals surface area contributed by atoms with E-state index in [9.17, 15) is 9.59 Å². The van der Waals surface area contributed by atoms with Crippen molar-refractivity contribution in [3.63, 3.8) is 0 Å². The maximum Gasteiger partial charge on any atom is 0.256 e. The molecule has 4 aromatic heterocycles. The van der Waals surface area contributed by atoms with Crippen LogP contribution in [0.1, 0.15) is 31.8 Å². The Labute approximate surface area is 371 Å². The van der Waals surface area contributed by atoms with E-state index >= 15 is 0 Å². The summed E-state index contributed by atoms with van der Waals surface area (Å²) in [5, 5.41) is 18.2. The number of hydrogen-bond donors (Lipinski definition) is 4. The van der Waals surface area contributed by atoms with E-state index in [0.717, 1.165) is 73.8 Å². The molecule has 0 unspecified atom stereocenters. The molecule has 0 fully saturated rings. The lowest BCUT2D eigenvalue weighted by Gasteiger charge is -2.11. The number of amides is 2. The number of anilines is 6. The second-order valence-corrected chi connectivity index (χ2v) is 16.9. The molecule has 0 saturated carbocycles. The van der Waals surface area contributed by atoms with E-state index in [1.54, 1.807) is 24.8 Å². The van der Waals surface area contributed by atoms with Crippen molar-refractivity contribution >= 4 is 113 Å². The molecule has 8 aromatic rings. The number of rotatable bonds is 10. The molecule has 8 rings (SSSR count). The summed E-state index contributed by atoms with van der Waals surface area (Å²) in [7, 11) is 0. The molecule has 14 heteroatoms. The maximum absolute atomic E-state index is 12.6. The first-order valence-corrected chi connectivity index (χ1v) is 21.7. The summed E-state index contributed by atoms with van der Waals surface area (Å²) in [6.07, 6.45) is 7.08. The second kappa shape index (κ2) is 19.3. The lowest BCUT2D eigenvalue weighted by Crippen LogP contribution is -2.13. The molecule has 0 bridgehead atoms. The van der Waals surface area contributed by atoms with Crippen LogP contribution in [0.15, 0.2) is 145 Å². The number of carbonyl (C=O) groups is 2. The molecule has 0 radical (unpaired) electrons. The number of thiazole rings is 2. The van der Waals surface area contributed by atoms with Gasteiger partial charge in [-0.25, -0.2) is 9.97 Å². The predicted octanol–water partition coefficient (Wildman–Crippen LogP) is 12.2. The van der Waals surface area contributed by atoms with Gasteiger partial charge in [0.25, 0.3) is 11.8 Å². The average molecular weight is 1020 g/mol. The number of aryl methyl sites for hydroxylation is 2. The molecule has 0 aliphatic heterocycles. The van der Waals surface area contributed by atoms with Gasteiger partial charge in [-0.15, -0.1) is 22.7 Å². The van der Waals surface area contributed by atoms with Crippen LogP contribution >= 0.6 is 67.9 Å². The lowest BCUT2D eigenvalue weighted by molar-refractivity contribution is 0.101. The molecule has 58 heavy (non-hydrogen) atoms. The molecular weight excluding hydrogens is 990 g/mol. The third kappa shape index (κ3) is 10.7. The van der Waals surface area contributed by atoms with Crippen molar-refractivity contribution in [3.05, 3.63) is 174 Å². The summed E-state index contributed by atoms with van der Waals surface area (Å²) < 4.78 is 2.01. The first kappa shape index (κ1) is 40.6. The van der Waals surface area contributed by atoms with Crippen LogP contribution in [0.3, 0.4) is 0 Å². The quantitative estimate of drug-likeness (QED) is 0.0996. The third-order valence-corrected chi connectivity index (χ3v) is 11.8. The average Bonchev–Trinajstić information content (AvgIpc) is 3.92. The number of carbonyl (C=O) groups excluding carboxylic acids is 2. The Morgan fingerprint density at radius 3 is 1.60 bits per heavy atom. The number of nitrogens with zero attached hydrogens (tertiary/aromatic N) is 4. The topological polar surface area (TPSA) is 134 Å². The lowest BCUT2D eigenvalue weighted by atomic mass is 10.1. The minimum atomic E-state index is -0.135. The fourth-order valence-corrected chi connectivity index (χ4v) is 7.96. The van der Waals surface area contributed by atoms with Crippen LogP contribution in [0.25, 0.3) is 22.5 Å². The van der Waals surface area contributed by atoms with Gasteiger partial charge in [-0.1, -0.05) is 24.3 Å². The third-order valence-electron chi connectivity index (χ3n) is 8.62. The highest BCUT2D eigenvalue weighted by atomic mass is 127. The van der Waals surface area contributed by atoms with Crippen LogP contribution in [0.4, 0.5) is 33.0 Å². The van der Waals surface area contributed by atoms with Gasteiger partial charge in [0.15, 0.2) is 10.3 Å². The number of halogens is 2. The van der Waals surface area contributed by atoms with E-state index in [-0.39, 0.29) is 11.8 Å². The van der Waals surface area contributed by atoms with Crippen molar-refractivity contribution in [1.29, 1.82) is 0 Å². The van der Waals surface area contributed by atoms with E-state index in [4.69, 9.17) is 0 Å². The van der Waals surface area contributed by atoms with Crippen LogP contribution in [0.5, 0.6) is 0 Å². The minimum absolute atomic E-state index is 0.127. The molecule has 10 nitrogen and oxygen atoms in total. The molecule has 0 atom stereocenters. The zero-order valence-corrected chi connectivity index (χ0v) is 37.0. The van der Waals surface area contributed by atoms with Crippen molar-refractivity contribution in [2.24, 2.45) is 0 Å². The van der Waals surface area contributed by atoms with Gasteiger partial charge < -0.3 is 21.3 Å². The molecule has 4 aromatic carbocycles. The molecule has 0 aliphatic rings. The number of benzene rings is 4. The second-order valence-electron chi connectivity index (χ2n) is 12.8. The zero-order valence-electron chi connectivity index (χ0n) is 31.0. The van der Waals surface area contributed by atoms with Crippen molar-refractivity contribution in [3.8, 4) is 22.5 Å². The molecule has 2 amide bonds. The SMILES string of the molecule is Cc1ccc(NC(=O)c2ccc(I)cc2)cc1Nc1nc(-c2cccnc2)cs1.Cc1ccc(NC(=O)c2ccccc2I)cc1Nc1nc(-c2cccnc2)cs1. The van der Waals surface area contributed by atoms with Crippen molar-refractivity contribution in [2.45, 2.75) is 13.8 Å². The largest absolute Gasteiger partial charge is 0.331 e.